The number of fused-ring (bicyclic) bond motifs is 2. The molecule has 66 heavy (non-hydrogen) atoms. The van der Waals surface area contributed by atoms with Gasteiger partial charge in [-0.05, 0) is 97.5 Å². The summed E-state index contributed by atoms with van der Waals surface area (Å²) < 4.78 is 11.5. The molecule has 0 saturated carbocycles. The third-order valence-electron chi connectivity index (χ3n) is 11.8. The van der Waals surface area contributed by atoms with Crippen LogP contribution in [0.3, 0.4) is 0 Å². The Labute approximate surface area is 394 Å². The molecule has 9 rings (SSSR count). The number of hydrogen-bond donors (Lipinski definition) is 4. The number of phenols is 4. The molecular weight excluding hydrogens is 911 g/mol. The summed E-state index contributed by atoms with van der Waals surface area (Å²) >= 11 is 0. The standard InChI is InChI=1S/C36H29O4P.C20H20O4.BrH/c37-32-23-22-31-33(38)25-34(40-36(31)35(32)39)27-20-18-26(19-21-27)11-10-24-41(28-12-4-1-5-13-28,29-14-6-2-7-15-29)30-16-8-3-9-17-30;1-2-3-4-5-13-6-8-14(9-7-13)18-12-17(22)15-10-11-16(21)19(23)20(15)24-18;/h1-9,12-23,25H,10-11,24H2,(H-,37,38,39);6-12,21,23H,2-5H2,1H3;1H. The van der Waals surface area contributed by atoms with Gasteiger partial charge in [-0.1, -0.05) is 123 Å². The Kier molecular flexibility index (Phi) is 15.2. The summed E-state index contributed by atoms with van der Waals surface area (Å²) in [5, 5.41) is 44.2. The van der Waals surface area contributed by atoms with Crippen LogP contribution in [0.25, 0.3) is 44.6 Å². The first-order valence-corrected chi connectivity index (χ1v) is 23.8. The highest BCUT2D eigenvalue weighted by Gasteiger charge is 2.44. The Morgan fingerprint density at radius 3 is 1.21 bits per heavy atom. The molecule has 2 heterocycles. The van der Waals surface area contributed by atoms with E-state index in [-0.39, 0.29) is 61.3 Å². The van der Waals surface area contributed by atoms with Crippen molar-refractivity contribution in [3.05, 3.63) is 207 Å². The van der Waals surface area contributed by atoms with Gasteiger partial charge in [-0.15, -0.1) is 0 Å². The van der Waals surface area contributed by atoms with Crippen LogP contribution in [0.2, 0.25) is 0 Å². The van der Waals surface area contributed by atoms with E-state index in [2.05, 4.69) is 110 Å². The van der Waals surface area contributed by atoms with Crippen molar-refractivity contribution in [2.75, 3.05) is 6.16 Å². The molecule has 0 aliphatic carbocycles. The molecule has 0 spiro atoms. The zero-order valence-electron chi connectivity index (χ0n) is 36.4. The van der Waals surface area contributed by atoms with Gasteiger partial charge >= 0.3 is 0 Å². The molecule has 9 aromatic rings. The van der Waals surface area contributed by atoms with E-state index >= 15 is 0 Å². The molecule has 0 fully saturated rings. The minimum Gasteiger partial charge on any atom is -1.00 e. The van der Waals surface area contributed by atoms with E-state index in [9.17, 15) is 30.0 Å². The Morgan fingerprint density at radius 2 is 0.833 bits per heavy atom. The third kappa shape index (κ3) is 10.1. The summed E-state index contributed by atoms with van der Waals surface area (Å²) in [6, 6.07) is 56.9. The Hall–Kier alpha value is -6.93. The van der Waals surface area contributed by atoms with Crippen LogP contribution < -0.4 is 43.8 Å². The molecule has 334 valence electrons. The van der Waals surface area contributed by atoms with Gasteiger partial charge in [0, 0.05) is 23.3 Å². The van der Waals surface area contributed by atoms with Gasteiger partial charge in [-0.3, -0.25) is 9.59 Å². The molecule has 2 aromatic heterocycles. The maximum Gasteiger partial charge on any atom is 0.201 e. The molecule has 7 aromatic carbocycles. The average Bonchev–Trinajstić information content (AvgIpc) is 3.34. The summed E-state index contributed by atoms with van der Waals surface area (Å²) in [7, 11) is -1.88. The first-order valence-electron chi connectivity index (χ1n) is 21.9. The summed E-state index contributed by atoms with van der Waals surface area (Å²) in [5.74, 6) is -0.768. The van der Waals surface area contributed by atoms with E-state index in [1.165, 1.54) is 76.3 Å². The van der Waals surface area contributed by atoms with Crippen molar-refractivity contribution < 1.29 is 46.2 Å². The SMILES string of the molecule is CCCCCc1ccc(-c2cc(=O)c3ccc(O)c(O)c3o2)cc1.O=c1cc(-c2ccc(CCC[P+](c3ccccc3)(c3ccccc3)c3ccccc3)cc2)oc2c(O)c(O)ccc12.[Br-]. The maximum absolute atomic E-state index is 12.6. The average molecular weight is 962 g/mol. The van der Waals surface area contributed by atoms with E-state index in [0.717, 1.165) is 43.0 Å². The van der Waals surface area contributed by atoms with E-state index in [4.69, 9.17) is 8.83 Å². The van der Waals surface area contributed by atoms with Crippen LogP contribution in [0, 0.1) is 0 Å². The van der Waals surface area contributed by atoms with Gasteiger partial charge in [0.2, 0.25) is 11.5 Å². The number of aromatic hydroxyl groups is 4. The Balaban J connectivity index is 0.000000221. The molecule has 0 aliphatic heterocycles. The normalized spacial score (nSPS) is 11.2. The van der Waals surface area contributed by atoms with Crippen molar-refractivity contribution in [3.8, 4) is 45.6 Å². The third-order valence-corrected chi connectivity index (χ3v) is 16.3. The predicted octanol–water partition coefficient (Wildman–Crippen LogP) is 8.41. The molecular formula is C56H50BrO8P. The first kappa shape index (κ1) is 47.0. The second kappa shape index (κ2) is 21.4. The van der Waals surface area contributed by atoms with Crippen LogP contribution >= 0.6 is 7.26 Å². The minimum absolute atomic E-state index is 0. The molecule has 0 unspecified atom stereocenters. The summed E-state index contributed by atoms with van der Waals surface area (Å²) in [5.41, 5.74) is 3.40. The molecule has 4 N–H and O–H groups in total. The van der Waals surface area contributed by atoms with Crippen LogP contribution in [0.1, 0.15) is 43.7 Å². The van der Waals surface area contributed by atoms with Gasteiger partial charge in [0.25, 0.3) is 0 Å². The number of hydrogen-bond acceptors (Lipinski definition) is 8. The zero-order chi connectivity index (χ0) is 45.3. The summed E-state index contributed by atoms with van der Waals surface area (Å²) in [6.07, 6.45) is 7.54. The minimum atomic E-state index is -1.88. The number of phenolic OH excluding ortho intramolecular Hbond substituents is 4. The molecule has 0 amide bonds. The number of unbranched alkanes of at least 4 members (excludes halogenated alkanes) is 2. The summed E-state index contributed by atoms with van der Waals surface area (Å²) in [6.45, 7) is 2.18. The highest BCUT2D eigenvalue weighted by Crippen LogP contribution is 2.56. The smallest absolute Gasteiger partial charge is 0.201 e. The van der Waals surface area contributed by atoms with Crippen molar-refractivity contribution in [1.29, 1.82) is 0 Å². The van der Waals surface area contributed by atoms with Crippen LogP contribution in [-0.4, -0.2) is 26.6 Å². The van der Waals surface area contributed by atoms with E-state index in [0.29, 0.717) is 11.5 Å². The predicted molar refractivity (Wildman–Crippen MR) is 264 cm³/mol. The molecule has 0 atom stereocenters. The van der Waals surface area contributed by atoms with Gasteiger partial charge in [0.15, 0.2) is 33.5 Å². The van der Waals surface area contributed by atoms with Crippen molar-refractivity contribution in [3.63, 3.8) is 0 Å². The highest BCUT2D eigenvalue weighted by molar-refractivity contribution is 7.95. The van der Waals surface area contributed by atoms with Crippen LogP contribution in [0.4, 0.5) is 0 Å². The quantitative estimate of drug-likeness (QED) is 0.0514. The lowest BCUT2D eigenvalue weighted by atomic mass is 10.0. The van der Waals surface area contributed by atoms with Gasteiger partial charge in [-0.2, -0.15) is 0 Å². The molecule has 0 bridgehead atoms. The van der Waals surface area contributed by atoms with Gasteiger partial charge in [0.1, 0.15) is 34.7 Å². The fourth-order valence-corrected chi connectivity index (χ4v) is 12.7. The highest BCUT2D eigenvalue weighted by atomic mass is 79.9. The molecule has 0 saturated heterocycles. The molecule has 10 heteroatoms. The lowest BCUT2D eigenvalue weighted by Gasteiger charge is -2.27. The largest absolute Gasteiger partial charge is 1.00 e. The number of rotatable bonds is 13. The zero-order valence-corrected chi connectivity index (χ0v) is 38.9. The lowest BCUT2D eigenvalue weighted by Crippen LogP contribution is -3.00. The Bertz CT molecular complexity index is 3060. The lowest BCUT2D eigenvalue weighted by molar-refractivity contribution is -0.0000170. The number of halogens is 1. The van der Waals surface area contributed by atoms with Crippen molar-refractivity contribution >= 4 is 45.1 Å². The van der Waals surface area contributed by atoms with Crippen molar-refractivity contribution in [1.82, 2.24) is 0 Å². The first-order chi connectivity index (χ1) is 31.7. The topological polar surface area (TPSA) is 141 Å². The van der Waals surface area contributed by atoms with Crippen molar-refractivity contribution in [2.45, 2.75) is 45.4 Å². The maximum atomic E-state index is 12.6. The van der Waals surface area contributed by atoms with E-state index in [1.54, 1.807) is 0 Å². The van der Waals surface area contributed by atoms with Crippen LogP contribution in [0.15, 0.2) is 194 Å². The van der Waals surface area contributed by atoms with E-state index in [1.807, 2.05) is 36.4 Å². The van der Waals surface area contributed by atoms with Crippen LogP contribution in [0.5, 0.6) is 23.0 Å². The number of aryl methyl sites for hydroxylation is 2. The number of benzene rings is 7. The monoisotopic (exact) mass is 960 g/mol. The molecule has 0 radical (unpaired) electrons. The van der Waals surface area contributed by atoms with Gasteiger partial charge in [-0.25, -0.2) is 0 Å². The molecule has 0 aliphatic rings. The second-order valence-electron chi connectivity index (χ2n) is 16.1. The van der Waals surface area contributed by atoms with Gasteiger partial charge < -0.3 is 46.2 Å². The van der Waals surface area contributed by atoms with Crippen LogP contribution in [-0.2, 0) is 12.8 Å². The second-order valence-corrected chi connectivity index (χ2v) is 19.7. The molecule has 8 nitrogen and oxygen atoms in total. The van der Waals surface area contributed by atoms with Gasteiger partial charge in [0.05, 0.1) is 16.9 Å². The fourth-order valence-electron chi connectivity index (χ4n) is 8.33. The summed E-state index contributed by atoms with van der Waals surface area (Å²) in [4.78, 5) is 24.9. The van der Waals surface area contributed by atoms with E-state index < -0.39 is 18.8 Å². The Morgan fingerprint density at radius 1 is 0.455 bits per heavy atom. The fraction of sp³-hybridized carbons (Fsp3) is 0.143. The van der Waals surface area contributed by atoms with Crippen molar-refractivity contribution in [2.24, 2.45) is 0 Å².